The van der Waals surface area contributed by atoms with Crippen LogP contribution in [0, 0.1) is 0 Å². The van der Waals surface area contributed by atoms with Crippen LogP contribution in [0.2, 0.25) is 0 Å². The molecule has 6 heteroatoms. The van der Waals surface area contributed by atoms with Gasteiger partial charge in [0.25, 0.3) is 5.91 Å². The van der Waals surface area contributed by atoms with Crippen LogP contribution in [0.3, 0.4) is 0 Å². The molecule has 3 N–H and O–H groups in total. The first-order valence-corrected chi connectivity index (χ1v) is 7.62. The Balaban J connectivity index is 1.94. The average molecular weight is 307 g/mol. The lowest BCUT2D eigenvalue weighted by Gasteiger charge is -2.27. The van der Waals surface area contributed by atoms with Crippen molar-refractivity contribution in [3.63, 3.8) is 0 Å². The summed E-state index contributed by atoms with van der Waals surface area (Å²) in [6.07, 6.45) is -0.591. The van der Waals surface area contributed by atoms with Crippen LogP contribution in [0.5, 0.6) is 0 Å². The largest absolute Gasteiger partial charge is 0.379 e. The molecule has 1 unspecified atom stereocenters. The number of ether oxygens (including phenoxy) is 2. The number of nitrogens with one attached hydrogen (secondary N) is 1. The zero-order valence-electron chi connectivity index (χ0n) is 13.1. The van der Waals surface area contributed by atoms with Gasteiger partial charge in [0, 0.05) is 39.8 Å². The van der Waals surface area contributed by atoms with Crippen molar-refractivity contribution in [1.82, 2.24) is 10.2 Å². The molecule has 0 saturated carbocycles. The van der Waals surface area contributed by atoms with Crippen molar-refractivity contribution in [3.05, 3.63) is 35.4 Å². The summed E-state index contributed by atoms with van der Waals surface area (Å²) in [4.78, 5) is 14.3. The molecule has 1 aromatic rings. The van der Waals surface area contributed by atoms with E-state index in [4.69, 9.17) is 15.2 Å². The van der Waals surface area contributed by atoms with Gasteiger partial charge >= 0.3 is 0 Å². The smallest absolute Gasteiger partial charge is 0.250 e. The Morgan fingerprint density at radius 3 is 2.68 bits per heavy atom. The van der Waals surface area contributed by atoms with Crippen LogP contribution in [0.25, 0.3) is 0 Å². The van der Waals surface area contributed by atoms with Gasteiger partial charge in [-0.2, -0.15) is 0 Å². The average Bonchev–Trinajstić information content (AvgIpc) is 2.56. The molecule has 0 aromatic heterocycles. The van der Waals surface area contributed by atoms with Gasteiger partial charge in [0.1, 0.15) is 6.10 Å². The first kappa shape index (κ1) is 16.9. The molecule has 1 saturated heterocycles. The molecule has 1 aliphatic rings. The van der Waals surface area contributed by atoms with Gasteiger partial charge in [-0.3, -0.25) is 9.69 Å². The fourth-order valence-electron chi connectivity index (χ4n) is 2.49. The Morgan fingerprint density at radius 1 is 1.36 bits per heavy atom. The first-order chi connectivity index (χ1) is 10.7. The summed E-state index contributed by atoms with van der Waals surface area (Å²) in [5.74, 6) is -0.175. The topological polar surface area (TPSA) is 76.8 Å². The normalized spacial score (nSPS) is 17.2. The van der Waals surface area contributed by atoms with Crippen molar-refractivity contribution in [1.29, 1.82) is 0 Å². The SMILES string of the molecule is COC(CN)C(=O)NCc1ccccc1CN1CCOCC1. The Morgan fingerprint density at radius 2 is 2.05 bits per heavy atom. The van der Waals surface area contributed by atoms with Gasteiger partial charge in [0.2, 0.25) is 0 Å². The molecule has 122 valence electrons. The Bertz CT molecular complexity index is 471. The molecule has 0 radical (unpaired) electrons. The quantitative estimate of drug-likeness (QED) is 0.748. The maximum Gasteiger partial charge on any atom is 0.250 e. The fourth-order valence-corrected chi connectivity index (χ4v) is 2.49. The lowest BCUT2D eigenvalue weighted by Crippen LogP contribution is -2.40. The number of benzene rings is 1. The number of hydrogen-bond acceptors (Lipinski definition) is 5. The third kappa shape index (κ3) is 4.78. The van der Waals surface area contributed by atoms with Crippen molar-refractivity contribution in [2.75, 3.05) is 40.0 Å². The van der Waals surface area contributed by atoms with Crippen molar-refractivity contribution in [2.24, 2.45) is 5.73 Å². The molecule has 2 rings (SSSR count). The van der Waals surface area contributed by atoms with E-state index in [0.29, 0.717) is 6.54 Å². The highest BCUT2D eigenvalue weighted by Crippen LogP contribution is 2.13. The maximum atomic E-state index is 11.9. The number of nitrogens with zero attached hydrogens (tertiary/aromatic N) is 1. The van der Waals surface area contributed by atoms with Gasteiger partial charge in [-0.15, -0.1) is 0 Å². The van der Waals surface area contributed by atoms with E-state index in [1.807, 2.05) is 18.2 Å². The van der Waals surface area contributed by atoms with Crippen LogP contribution in [0.15, 0.2) is 24.3 Å². The van der Waals surface area contributed by atoms with Gasteiger partial charge in [0.15, 0.2) is 0 Å². The van der Waals surface area contributed by atoms with Gasteiger partial charge in [-0.1, -0.05) is 24.3 Å². The van der Waals surface area contributed by atoms with Crippen molar-refractivity contribution in [3.8, 4) is 0 Å². The second-order valence-electron chi connectivity index (χ2n) is 5.34. The van der Waals surface area contributed by atoms with Crippen molar-refractivity contribution < 1.29 is 14.3 Å². The number of methoxy groups -OCH3 is 1. The molecule has 22 heavy (non-hydrogen) atoms. The standard InChI is InChI=1S/C16H25N3O3/c1-21-15(10-17)16(20)18-11-13-4-2-3-5-14(13)12-19-6-8-22-9-7-19/h2-5,15H,6-12,17H2,1H3,(H,18,20). The third-order valence-corrected chi connectivity index (χ3v) is 3.86. The van der Waals surface area contributed by atoms with Crippen LogP contribution in [0.1, 0.15) is 11.1 Å². The highest BCUT2D eigenvalue weighted by atomic mass is 16.5. The van der Waals surface area contributed by atoms with E-state index < -0.39 is 6.10 Å². The third-order valence-electron chi connectivity index (χ3n) is 3.86. The molecule has 0 spiro atoms. The molecule has 0 bridgehead atoms. The summed E-state index contributed by atoms with van der Waals surface area (Å²) < 4.78 is 10.4. The summed E-state index contributed by atoms with van der Waals surface area (Å²) in [5.41, 5.74) is 7.85. The van der Waals surface area contributed by atoms with Crippen LogP contribution >= 0.6 is 0 Å². The van der Waals surface area contributed by atoms with Crippen molar-refractivity contribution in [2.45, 2.75) is 19.2 Å². The maximum absolute atomic E-state index is 11.9. The van der Waals surface area contributed by atoms with E-state index >= 15 is 0 Å². The zero-order chi connectivity index (χ0) is 15.8. The minimum Gasteiger partial charge on any atom is -0.379 e. The summed E-state index contributed by atoms with van der Waals surface area (Å²) in [6, 6.07) is 8.16. The minimum atomic E-state index is -0.591. The molecule has 1 heterocycles. The molecule has 6 nitrogen and oxygen atoms in total. The molecular weight excluding hydrogens is 282 g/mol. The Labute approximate surface area is 131 Å². The number of amides is 1. The van der Waals surface area contributed by atoms with E-state index in [0.717, 1.165) is 38.4 Å². The zero-order valence-corrected chi connectivity index (χ0v) is 13.1. The highest BCUT2D eigenvalue weighted by molar-refractivity contribution is 5.81. The van der Waals surface area contributed by atoms with Crippen LogP contribution in [-0.2, 0) is 27.4 Å². The molecule has 1 fully saturated rings. The van der Waals surface area contributed by atoms with E-state index in [1.54, 1.807) is 0 Å². The van der Waals surface area contributed by atoms with E-state index in [-0.39, 0.29) is 12.5 Å². The Hall–Kier alpha value is -1.47. The molecule has 1 aliphatic heterocycles. The molecule has 1 aromatic carbocycles. The first-order valence-electron chi connectivity index (χ1n) is 7.62. The summed E-state index contributed by atoms with van der Waals surface area (Å²) in [7, 11) is 1.49. The second kappa shape index (κ2) is 8.85. The van der Waals surface area contributed by atoms with E-state index in [2.05, 4.69) is 16.3 Å². The van der Waals surface area contributed by atoms with E-state index in [9.17, 15) is 4.79 Å². The number of rotatable bonds is 7. The van der Waals surface area contributed by atoms with Crippen LogP contribution in [0.4, 0.5) is 0 Å². The molecule has 1 amide bonds. The monoisotopic (exact) mass is 307 g/mol. The number of hydrogen-bond donors (Lipinski definition) is 2. The van der Waals surface area contributed by atoms with E-state index in [1.165, 1.54) is 12.7 Å². The molecule has 1 atom stereocenters. The summed E-state index contributed by atoms with van der Waals surface area (Å²) in [5, 5.41) is 2.89. The number of carbonyl (C=O) groups excluding carboxylic acids is 1. The predicted molar refractivity (Wildman–Crippen MR) is 84.2 cm³/mol. The predicted octanol–water partition coefficient (Wildman–Crippen LogP) is 0.109. The lowest BCUT2D eigenvalue weighted by atomic mass is 10.1. The van der Waals surface area contributed by atoms with Crippen molar-refractivity contribution >= 4 is 5.91 Å². The fraction of sp³-hybridized carbons (Fsp3) is 0.562. The minimum absolute atomic E-state index is 0.175. The summed E-state index contributed by atoms with van der Waals surface area (Å²) in [6.45, 7) is 4.99. The highest BCUT2D eigenvalue weighted by Gasteiger charge is 2.16. The summed E-state index contributed by atoms with van der Waals surface area (Å²) >= 11 is 0. The van der Waals surface area contributed by atoms with Gasteiger partial charge in [-0.05, 0) is 11.1 Å². The van der Waals surface area contributed by atoms with Gasteiger partial charge in [0.05, 0.1) is 13.2 Å². The number of nitrogens with two attached hydrogens (primary N) is 1. The van der Waals surface area contributed by atoms with Gasteiger partial charge in [-0.25, -0.2) is 0 Å². The van der Waals surface area contributed by atoms with Crippen LogP contribution in [-0.4, -0.2) is 56.9 Å². The Kier molecular flexibility index (Phi) is 6.79. The number of morpholine rings is 1. The lowest BCUT2D eigenvalue weighted by molar-refractivity contribution is -0.130. The molecule has 0 aliphatic carbocycles. The second-order valence-corrected chi connectivity index (χ2v) is 5.34. The van der Waals surface area contributed by atoms with Crippen LogP contribution < -0.4 is 11.1 Å². The molecular formula is C16H25N3O3. The van der Waals surface area contributed by atoms with Gasteiger partial charge < -0.3 is 20.5 Å². The number of carbonyl (C=O) groups is 1.